The molecule has 0 saturated heterocycles. The molecule has 20 heavy (non-hydrogen) atoms. The number of carbonyl (C=O) groups is 1. The summed E-state index contributed by atoms with van der Waals surface area (Å²) in [6, 6.07) is 8.47. The number of hydrogen-bond acceptors (Lipinski definition) is 3. The lowest BCUT2D eigenvalue weighted by Crippen LogP contribution is -2.33. The molecule has 2 aromatic rings. The molecule has 1 aliphatic carbocycles. The van der Waals surface area contributed by atoms with Crippen LogP contribution < -0.4 is 5.32 Å². The highest BCUT2D eigenvalue weighted by atomic mass is 32.1. The zero-order chi connectivity index (χ0) is 13.8. The lowest BCUT2D eigenvalue weighted by molar-refractivity contribution is -0.121. The molecule has 1 fully saturated rings. The quantitative estimate of drug-likeness (QED) is 0.871. The van der Waals surface area contributed by atoms with E-state index in [1.54, 1.807) is 22.7 Å². The molecule has 0 radical (unpaired) electrons. The third-order valence-electron chi connectivity index (χ3n) is 3.95. The van der Waals surface area contributed by atoms with Crippen molar-refractivity contribution in [1.82, 2.24) is 5.32 Å². The molecule has 3 rings (SSSR count). The standard InChI is InChI=1S/C16H19NOS2/c18-15(11-13-7-3-9-19-13)17-16(12-5-1-2-6-12)14-8-4-10-20-14/h3-4,7-10,12,16H,1-2,5-6,11H2,(H,17,18). The third kappa shape index (κ3) is 3.30. The number of carbonyl (C=O) groups excluding carboxylic acids is 1. The number of rotatable bonds is 5. The summed E-state index contributed by atoms with van der Waals surface area (Å²) in [5, 5.41) is 7.40. The van der Waals surface area contributed by atoms with Gasteiger partial charge in [-0.05, 0) is 41.7 Å². The number of thiophene rings is 2. The first kappa shape index (κ1) is 13.8. The van der Waals surface area contributed by atoms with E-state index in [0.29, 0.717) is 12.3 Å². The summed E-state index contributed by atoms with van der Waals surface area (Å²) in [4.78, 5) is 14.7. The number of hydrogen-bond donors (Lipinski definition) is 1. The van der Waals surface area contributed by atoms with Crippen LogP contribution in [0.4, 0.5) is 0 Å². The van der Waals surface area contributed by atoms with E-state index in [4.69, 9.17) is 0 Å². The van der Waals surface area contributed by atoms with Gasteiger partial charge in [-0.25, -0.2) is 0 Å². The lowest BCUT2D eigenvalue weighted by Gasteiger charge is -2.23. The van der Waals surface area contributed by atoms with Crippen molar-refractivity contribution in [3.63, 3.8) is 0 Å². The van der Waals surface area contributed by atoms with E-state index in [-0.39, 0.29) is 11.9 Å². The highest BCUT2D eigenvalue weighted by Crippen LogP contribution is 2.37. The summed E-state index contributed by atoms with van der Waals surface area (Å²) in [5.74, 6) is 0.763. The van der Waals surface area contributed by atoms with Crippen LogP contribution in [0.25, 0.3) is 0 Å². The fourth-order valence-corrected chi connectivity index (χ4v) is 4.55. The van der Waals surface area contributed by atoms with Crippen LogP contribution in [0.2, 0.25) is 0 Å². The minimum atomic E-state index is 0.151. The maximum atomic E-state index is 12.3. The first-order valence-electron chi connectivity index (χ1n) is 7.18. The Kier molecular flexibility index (Phi) is 4.53. The molecule has 1 aliphatic rings. The van der Waals surface area contributed by atoms with Crippen molar-refractivity contribution in [2.24, 2.45) is 5.92 Å². The van der Waals surface area contributed by atoms with Crippen LogP contribution in [-0.2, 0) is 11.2 Å². The molecule has 106 valence electrons. The molecule has 2 aromatic heterocycles. The Balaban J connectivity index is 1.68. The highest BCUT2D eigenvalue weighted by molar-refractivity contribution is 7.10. The number of nitrogens with one attached hydrogen (secondary N) is 1. The van der Waals surface area contributed by atoms with Gasteiger partial charge in [0.15, 0.2) is 0 Å². The van der Waals surface area contributed by atoms with Crippen LogP contribution in [0.1, 0.15) is 41.5 Å². The van der Waals surface area contributed by atoms with Crippen LogP contribution in [-0.4, -0.2) is 5.91 Å². The summed E-state index contributed by atoms with van der Waals surface area (Å²) >= 11 is 3.41. The van der Waals surface area contributed by atoms with Gasteiger partial charge in [-0.3, -0.25) is 4.79 Å². The van der Waals surface area contributed by atoms with Gasteiger partial charge >= 0.3 is 0 Å². The minimum Gasteiger partial charge on any atom is -0.348 e. The van der Waals surface area contributed by atoms with Crippen molar-refractivity contribution < 1.29 is 4.79 Å². The van der Waals surface area contributed by atoms with Crippen molar-refractivity contribution in [3.8, 4) is 0 Å². The monoisotopic (exact) mass is 305 g/mol. The van der Waals surface area contributed by atoms with Crippen molar-refractivity contribution in [1.29, 1.82) is 0 Å². The van der Waals surface area contributed by atoms with Crippen molar-refractivity contribution in [2.75, 3.05) is 0 Å². The molecule has 0 aromatic carbocycles. The normalized spacial score (nSPS) is 17.2. The van der Waals surface area contributed by atoms with Gasteiger partial charge in [-0.15, -0.1) is 22.7 Å². The molecule has 1 amide bonds. The largest absolute Gasteiger partial charge is 0.348 e. The summed E-state index contributed by atoms with van der Waals surface area (Å²) in [7, 11) is 0. The van der Waals surface area contributed by atoms with Crippen molar-refractivity contribution in [3.05, 3.63) is 44.8 Å². The fourth-order valence-electron chi connectivity index (χ4n) is 2.98. The molecule has 0 aliphatic heterocycles. The molecule has 1 N–H and O–H groups in total. The average molecular weight is 305 g/mol. The van der Waals surface area contributed by atoms with Gasteiger partial charge in [0.05, 0.1) is 12.5 Å². The maximum absolute atomic E-state index is 12.3. The van der Waals surface area contributed by atoms with E-state index in [9.17, 15) is 4.79 Å². The molecule has 4 heteroatoms. The maximum Gasteiger partial charge on any atom is 0.225 e. The Bertz CT molecular complexity index is 527. The van der Waals surface area contributed by atoms with Gasteiger partial charge in [0.25, 0.3) is 0 Å². The van der Waals surface area contributed by atoms with Crippen molar-refractivity contribution in [2.45, 2.75) is 38.1 Å². The fraction of sp³-hybridized carbons (Fsp3) is 0.438. The molecular weight excluding hydrogens is 286 g/mol. The van der Waals surface area contributed by atoms with E-state index >= 15 is 0 Å². The lowest BCUT2D eigenvalue weighted by atomic mass is 9.96. The molecule has 2 nitrogen and oxygen atoms in total. The highest BCUT2D eigenvalue weighted by Gasteiger charge is 2.28. The van der Waals surface area contributed by atoms with Gasteiger partial charge in [0.2, 0.25) is 5.91 Å². The van der Waals surface area contributed by atoms with Crippen LogP contribution in [0.15, 0.2) is 35.0 Å². The van der Waals surface area contributed by atoms with Gasteiger partial charge in [-0.2, -0.15) is 0 Å². The molecule has 1 atom stereocenters. The molecule has 2 heterocycles. The van der Waals surface area contributed by atoms with E-state index in [2.05, 4.69) is 22.8 Å². The predicted octanol–water partition coefficient (Wildman–Crippen LogP) is 4.40. The van der Waals surface area contributed by atoms with Crippen LogP contribution in [0, 0.1) is 5.92 Å². The summed E-state index contributed by atoms with van der Waals surface area (Å²) < 4.78 is 0. The van der Waals surface area contributed by atoms with Crippen LogP contribution in [0.5, 0.6) is 0 Å². The average Bonchev–Trinajstić information content (AvgIpc) is 3.18. The molecule has 0 spiro atoms. The summed E-state index contributed by atoms with van der Waals surface area (Å²) in [5.41, 5.74) is 0. The third-order valence-corrected chi connectivity index (χ3v) is 5.78. The van der Waals surface area contributed by atoms with E-state index in [1.165, 1.54) is 30.6 Å². The SMILES string of the molecule is O=C(Cc1cccs1)NC(c1cccs1)C1CCCC1. The van der Waals surface area contributed by atoms with Gasteiger partial charge in [0, 0.05) is 9.75 Å². The molecular formula is C16H19NOS2. The minimum absolute atomic E-state index is 0.151. The molecule has 0 bridgehead atoms. The second kappa shape index (κ2) is 6.55. The van der Waals surface area contributed by atoms with Crippen LogP contribution >= 0.6 is 22.7 Å². The summed E-state index contributed by atoms with van der Waals surface area (Å²) in [6.07, 6.45) is 5.58. The van der Waals surface area contributed by atoms with Gasteiger partial charge in [-0.1, -0.05) is 25.0 Å². The van der Waals surface area contributed by atoms with E-state index in [1.807, 2.05) is 17.5 Å². The van der Waals surface area contributed by atoms with Gasteiger partial charge < -0.3 is 5.32 Å². The smallest absolute Gasteiger partial charge is 0.225 e. The zero-order valence-electron chi connectivity index (χ0n) is 11.4. The van der Waals surface area contributed by atoms with Gasteiger partial charge in [0.1, 0.15) is 0 Å². The van der Waals surface area contributed by atoms with E-state index in [0.717, 1.165) is 4.88 Å². The topological polar surface area (TPSA) is 29.1 Å². The Morgan fingerprint density at radius 1 is 1.20 bits per heavy atom. The Morgan fingerprint density at radius 2 is 1.95 bits per heavy atom. The Hall–Kier alpha value is -1.13. The second-order valence-corrected chi connectivity index (χ2v) is 7.37. The second-order valence-electron chi connectivity index (χ2n) is 5.36. The first-order chi connectivity index (χ1) is 9.83. The predicted molar refractivity (Wildman–Crippen MR) is 85.2 cm³/mol. The summed E-state index contributed by atoms with van der Waals surface area (Å²) in [6.45, 7) is 0. The number of amides is 1. The first-order valence-corrected chi connectivity index (χ1v) is 8.94. The Morgan fingerprint density at radius 3 is 2.60 bits per heavy atom. The zero-order valence-corrected chi connectivity index (χ0v) is 13.0. The Labute approximate surface area is 127 Å². The molecule has 1 unspecified atom stereocenters. The van der Waals surface area contributed by atoms with Crippen molar-refractivity contribution >= 4 is 28.6 Å². The molecule has 1 saturated carbocycles. The van der Waals surface area contributed by atoms with Crippen LogP contribution in [0.3, 0.4) is 0 Å². The van der Waals surface area contributed by atoms with E-state index < -0.39 is 0 Å².